The number of para-hydroxylation sites is 1. The zero-order valence-corrected chi connectivity index (χ0v) is 11.7. The van der Waals surface area contributed by atoms with E-state index in [2.05, 4.69) is 21.9 Å². The Hall–Kier alpha value is -1.88. The topological polar surface area (TPSA) is 43.9 Å². The van der Waals surface area contributed by atoms with Crippen molar-refractivity contribution in [3.63, 3.8) is 0 Å². The molecule has 1 aromatic carbocycles. The molecule has 3 rings (SSSR count). The lowest BCUT2D eigenvalue weighted by molar-refractivity contribution is -0.138. The number of benzene rings is 1. The normalized spacial score (nSPS) is 24.6. The highest BCUT2D eigenvalue weighted by atomic mass is 16.2. The fourth-order valence-electron chi connectivity index (χ4n) is 2.95. The van der Waals surface area contributed by atoms with Crippen molar-refractivity contribution in [1.82, 2.24) is 9.80 Å². The van der Waals surface area contributed by atoms with Crippen molar-refractivity contribution >= 4 is 17.5 Å². The summed E-state index contributed by atoms with van der Waals surface area (Å²) in [6.45, 7) is 3.44. The van der Waals surface area contributed by atoms with E-state index in [1.807, 2.05) is 18.2 Å². The smallest absolute Gasteiger partial charge is 0.246 e. The van der Waals surface area contributed by atoms with Crippen LogP contribution in [0, 0.1) is 0 Å². The first-order valence-electron chi connectivity index (χ1n) is 7.01. The standard InChI is InChI=1S/C15H19N3O2/c1-16-14(19)11-13(15(16)20)18-9-7-17(8-10-18)12-5-3-2-4-6-12/h2-6,13H,7-11H2,1H3/t13-/m0/s1. The summed E-state index contributed by atoms with van der Waals surface area (Å²) >= 11 is 0. The highest BCUT2D eigenvalue weighted by Gasteiger charge is 2.40. The van der Waals surface area contributed by atoms with Crippen molar-refractivity contribution < 1.29 is 9.59 Å². The van der Waals surface area contributed by atoms with Crippen LogP contribution in [0.25, 0.3) is 0 Å². The van der Waals surface area contributed by atoms with E-state index in [1.165, 1.54) is 10.6 Å². The molecule has 2 fully saturated rings. The summed E-state index contributed by atoms with van der Waals surface area (Å²) in [6, 6.07) is 10.1. The second-order valence-electron chi connectivity index (χ2n) is 5.37. The number of imide groups is 1. The fraction of sp³-hybridized carbons (Fsp3) is 0.467. The molecule has 2 saturated heterocycles. The third kappa shape index (κ3) is 2.29. The predicted octanol–water partition coefficient (Wildman–Crippen LogP) is 0.566. The van der Waals surface area contributed by atoms with E-state index in [-0.39, 0.29) is 17.9 Å². The Kier molecular flexibility index (Phi) is 3.44. The fourth-order valence-corrected chi connectivity index (χ4v) is 2.95. The molecular weight excluding hydrogens is 254 g/mol. The van der Waals surface area contributed by atoms with Gasteiger partial charge in [0.25, 0.3) is 0 Å². The van der Waals surface area contributed by atoms with E-state index in [0.717, 1.165) is 26.2 Å². The molecule has 0 aromatic heterocycles. The number of hydrogen-bond acceptors (Lipinski definition) is 4. The Bertz CT molecular complexity index is 509. The van der Waals surface area contributed by atoms with Crippen LogP contribution in [0.3, 0.4) is 0 Å². The number of likely N-dealkylation sites (tertiary alicyclic amines) is 1. The molecule has 0 saturated carbocycles. The number of hydrogen-bond donors (Lipinski definition) is 0. The number of anilines is 1. The molecule has 5 nitrogen and oxygen atoms in total. The van der Waals surface area contributed by atoms with Crippen molar-refractivity contribution in [1.29, 1.82) is 0 Å². The highest BCUT2D eigenvalue weighted by Crippen LogP contribution is 2.21. The summed E-state index contributed by atoms with van der Waals surface area (Å²) in [6.07, 6.45) is 0.334. The predicted molar refractivity (Wildman–Crippen MR) is 76.4 cm³/mol. The minimum Gasteiger partial charge on any atom is -0.369 e. The molecule has 2 amide bonds. The Morgan fingerprint density at radius 2 is 1.65 bits per heavy atom. The zero-order valence-electron chi connectivity index (χ0n) is 11.7. The number of nitrogens with zero attached hydrogens (tertiary/aromatic N) is 3. The van der Waals surface area contributed by atoms with E-state index < -0.39 is 0 Å². The second-order valence-corrected chi connectivity index (χ2v) is 5.37. The van der Waals surface area contributed by atoms with Crippen LogP contribution in [0.2, 0.25) is 0 Å². The van der Waals surface area contributed by atoms with E-state index in [9.17, 15) is 9.59 Å². The molecule has 1 atom stereocenters. The van der Waals surface area contributed by atoms with Gasteiger partial charge in [0.2, 0.25) is 11.8 Å². The Labute approximate surface area is 118 Å². The van der Waals surface area contributed by atoms with Crippen molar-refractivity contribution in [3.05, 3.63) is 30.3 Å². The van der Waals surface area contributed by atoms with Gasteiger partial charge >= 0.3 is 0 Å². The van der Waals surface area contributed by atoms with Crippen LogP contribution in [0.5, 0.6) is 0 Å². The monoisotopic (exact) mass is 273 g/mol. The van der Waals surface area contributed by atoms with Gasteiger partial charge in [-0.15, -0.1) is 0 Å². The van der Waals surface area contributed by atoms with Crippen molar-refractivity contribution in [2.24, 2.45) is 0 Å². The van der Waals surface area contributed by atoms with E-state index in [4.69, 9.17) is 0 Å². The van der Waals surface area contributed by atoms with Crippen LogP contribution in [-0.2, 0) is 9.59 Å². The molecule has 0 N–H and O–H groups in total. The van der Waals surface area contributed by atoms with E-state index >= 15 is 0 Å². The summed E-state index contributed by atoms with van der Waals surface area (Å²) in [7, 11) is 1.57. The van der Waals surface area contributed by atoms with Crippen molar-refractivity contribution in [3.8, 4) is 0 Å². The molecule has 20 heavy (non-hydrogen) atoms. The van der Waals surface area contributed by atoms with Gasteiger partial charge in [-0.1, -0.05) is 18.2 Å². The highest BCUT2D eigenvalue weighted by molar-refractivity contribution is 6.05. The zero-order chi connectivity index (χ0) is 14.1. The molecule has 0 radical (unpaired) electrons. The van der Waals surface area contributed by atoms with Crippen LogP contribution < -0.4 is 4.90 Å². The molecule has 1 aromatic rings. The number of piperazine rings is 1. The van der Waals surface area contributed by atoms with Gasteiger partial charge < -0.3 is 4.90 Å². The Balaban J connectivity index is 1.62. The maximum absolute atomic E-state index is 12.0. The van der Waals surface area contributed by atoms with Crippen LogP contribution >= 0.6 is 0 Å². The molecule has 2 heterocycles. The maximum Gasteiger partial charge on any atom is 0.246 e. The molecule has 0 spiro atoms. The molecular formula is C15H19N3O2. The lowest BCUT2D eigenvalue weighted by Crippen LogP contribution is -2.52. The minimum absolute atomic E-state index is 0.0526. The van der Waals surface area contributed by atoms with Crippen LogP contribution in [0.1, 0.15) is 6.42 Å². The van der Waals surface area contributed by atoms with Gasteiger partial charge in [0, 0.05) is 38.9 Å². The van der Waals surface area contributed by atoms with Crippen LogP contribution in [0.4, 0.5) is 5.69 Å². The molecule has 0 unspecified atom stereocenters. The first-order valence-corrected chi connectivity index (χ1v) is 7.01. The quantitative estimate of drug-likeness (QED) is 0.739. The van der Waals surface area contributed by atoms with Gasteiger partial charge in [0.05, 0.1) is 12.5 Å². The average Bonchev–Trinajstić information content (AvgIpc) is 2.76. The third-order valence-electron chi connectivity index (χ3n) is 4.23. The Morgan fingerprint density at radius 1 is 1.00 bits per heavy atom. The first kappa shape index (κ1) is 13.1. The number of likely N-dealkylation sites (N-methyl/N-ethyl adjacent to an activating group) is 1. The molecule has 106 valence electrons. The summed E-state index contributed by atoms with van der Waals surface area (Å²) < 4.78 is 0. The maximum atomic E-state index is 12.0. The van der Waals surface area contributed by atoms with Gasteiger partial charge in [-0.2, -0.15) is 0 Å². The van der Waals surface area contributed by atoms with Gasteiger partial charge in [-0.25, -0.2) is 0 Å². The number of carbonyl (C=O) groups excluding carboxylic acids is 2. The third-order valence-corrected chi connectivity index (χ3v) is 4.23. The molecule has 5 heteroatoms. The minimum atomic E-state index is -0.245. The Morgan fingerprint density at radius 3 is 2.20 bits per heavy atom. The number of rotatable bonds is 2. The molecule has 2 aliphatic rings. The lowest BCUT2D eigenvalue weighted by atomic mass is 10.1. The number of carbonyl (C=O) groups is 2. The first-order chi connectivity index (χ1) is 9.66. The molecule has 2 aliphatic heterocycles. The van der Waals surface area contributed by atoms with E-state index in [1.54, 1.807) is 7.05 Å². The van der Waals surface area contributed by atoms with Gasteiger partial charge in [-0.3, -0.25) is 19.4 Å². The largest absolute Gasteiger partial charge is 0.369 e. The summed E-state index contributed by atoms with van der Waals surface area (Å²) in [5, 5.41) is 0. The van der Waals surface area contributed by atoms with Crippen LogP contribution in [0.15, 0.2) is 30.3 Å². The van der Waals surface area contributed by atoms with Crippen molar-refractivity contribution in [2.75, 3.05) is 38.1 Å². The molecule has 0 bridgehead atoms. The van der Waals surface area contributed by atoms with E-state index in [0.29, 0.717) is 6.42 Å². The van der Waals surface area contributed by atoms with Crippen molar-refractivity contribution in [2.45, 2.75) is 12.5 Å². The SMILES string of the molecule is CN1C(=O)C[C@H](N2CCN(c3ccccc3)CC2)C1=O. The lowest BCUT2D eigenvalue weighted by Gasteiger charge is -2.38. The average molecular weight is 273 g/mol. The molecule has 0 aliphatic carbocycles. The summed E-state index contributed by atoms with van der Waals surface area (Å²) in [5.74, 6) is -0.117. The summed E-state index contributed by atoms with van der Waals surface area (Å²) in [5.41, 5.74) is 1.22. The summed E-state index contributed by atoms with van der Waals surface area (Å²) in [4.78, 5) is 29.3. The van der Waals surface area contributed by atoms with Gasteiger partial charge in [-0.05, 0) is 12.1 Å². The van der Waals surface area contributed by atoms with Gasteiger partial charge in [0.15, 0.2) is 0 Å². The van der Waals surface area contributed by atoms with Crippen LogP contribution in [-0.4, -0.2) is 60.9 Å². The van der Waals surface area contributed by atoms with Gasteiger partial charge in [0.1, 0.15) is 0 Å². The second kappa shape index (κ2) is 5.25. The number of amides is 2.